The van der Waals surface area contributed by atoms with Gasteiger partial charge < -0.3 is 0 Å². The molecule has 0 aliphatic rings. The van der Waals surface area contributed by atoms with Gasteiger partial charge in [-0.1, -0.05) is 29.8 Å². The van der Waals surface area contributed by atoms with Crippen LogP contribution in [-0.2, 0) is 0 Å². The smallest absolute Gasteiger partial charge is 0.0122 e. The molecule has 0 unspecified atom stereocenters. The average Bonchev–Trinajstić information content (AvgIpc) is 2.24. The molecule has 0 heterocycles. The molecule has 0 aromatic heterocycles. The summed E-state index contributed by atoms with van der Waals surface area (Å²) in [5.41, 5.74) is 11.0. The highest BCUT2D eigenvalue weighted by Crippen LogP contribution is 2.32. The molecule has 0 saturated heterocycles. The summed E-state index contributed by atoms with van der Waals surface area (Å²) in [7, 11) is 0. The molecule has 0 bridgehead atoms. The van der Waals surface area contributed by atoms with E-state index in [1.165, 1.54) is 44.5 Å². The maximum absolute atomic E-state index is 2.33. The molecule has 94 valence electrons. The number of rotatable bonds is 1. The van der Waals surface area contributed by atoms with Crippen LogP contribution in [0.5, 0.6) is 0 Å². The van der Waals surface area contributed by atoms with Crippen molar-refractivity contribution in [2.45, 2.75) is 41.5 Å². The highest BCUT2D eigenvalue weighted by Gasteiger charge is 2.10. The first-order chi connectivity index (χ1) is 8.40. The van der Waals surface area contributed by atoms with Crippen LogP contribution < -0.4 is 0 Å². The molecular formula is C18H22. The van der Waals surface area contributed by atoms with E-state index in [9.17, 15) is 0 Å². The Labute approximate surface area is 111 Å². The zero-order valence-electron chi connectivity index (χ0n) is 12.3. The van der Waals surface area contributed by atoms with Gasteiger partial charge in [0.2, 0.25) is 0 Å². The fraction of sp³-hybridized carbons (Fsp3) is 0.333. The maximum atomic E-state index is 2.33. The van der Waals surface area contributed by atoms with E-state index in [0.29, 0.717) is 0 Å². The van der Waals surface area contributed by atoms with Crippen LogP contribution in [0.2, 0.25) is 0 Å². The van der Waals surface area contributed by atoms with Crippen LogP contribution in [0.25, 0.3) is 11.1 Å². The molecule has 0 spiro atoms. The Bertz CT molecular complexity index is 581. The molecule has 0 saturated carbocycles. The van der Waals surface area contributed by atoms with E-state index in [4.69, 9.17) is 0 Å². The standard InChI is InChI=1S/C18H22/c1-11-7-15(5)18(16(6)8-11)17-10-13(3)12(2)9-14(17)4/h7-10H,1-6H3. The fourth-order valence-electron chi connectivity index (χ4n) is 2.83. The predicted octanol–water partition coefficient (Wildman–Crippen LogP) is 5.20. The summed E-state index contributed by atoms with van der Waals surface area (Å²) in [6.07, 6.45) is 0. The van der Waals surface area contributed by atoms with Crippen molar-refractivity contribution >= 4 is 0 Å². The van der Waals surface area contributed by atoms with Crippen LogP contribution in [0.4, 0.5) is 0 Å². The van der Waals surface area contributed by atoms with E-state index in [-0.39, 0.29) is 0 Å². The molecule has 2 aromatic rings. The van der Waals surface area contributed by atoms with Crippen molar-refractivity contribution in [2.24, 2.45) is 0 Å². The molecule has 0 N–H and O–H groups in total. The first-order valence-corrected chi connectivity index (χ1v) is 6.56. The van der Waals surface area contributed by atoms with Crippen LogP contribution >= 0.6 is 0 Å². The highest BCUT2D eigenvalue weighted by molar-refractivity contribution is 5.75. The van der Waals surface area contributed by atoms with Gasteiger partial charge in [0.1, 0.15) is 0 Å². The maximum Gasteiger partial charge on any atom is -0.0122 e. The fourth-order valence-corrected chi connectivity index (χ4v) is 2.83. The minimum Gasteiger partial charge on any atom is -0.0557 e. The third kappa shape index (κ3) is 2.20. The minimum atomic E-state index is 1.34. The summed E-state index contributed by atoms with van der Waals surface area (Å²) in [5.74, 6) is 0. The summed E-state index contributed by atoms with van der Waals surface area (Å²) in [6.45, 7) is 13.2. The second-order valence-corrected chi connectivity index (χ2v) is 5.53. The molecule has 0 aliphatic heterocycles. The minimum absolute atomic E-state index is 1.34. The zero-order chi connectivity index (χ0) is 13.4. The Morgan fingerprint density at radius 1 is 0.500 bits per heavy atom. The van der Waals surface area contributed by atoms with Crippen LogP contribution in [0, 0.1) is 41.5 Å². The molecule has 0 fully saturated rings. The summed E-state index contributed by atoms with van der Waals surface area (Å²) >= 11 is 0. The summed E-state index contributed by atoms with van der Waals surface area (Å²) in [4.78, 5) is 0. The summed E-state index contributed by atoms with van der Waals surface area (Å²) in [6, 6.07) is 9.17. The van der Waals surface area contributed by atoms with E-state index in [1.54, 1.807) is 0 Å². The summed E-state index contributed by atoms with van der Waals surface area (Å²) in [5, 5.41) is 0. The predicted molar refractivity (Wildman–Crippen MR) is 80.3 cm³/mol. The van der Waals surface area contributed by atoms with E-state index >= 15 is 0 Å². The monoisotopic (exact) mass is 238 g/mol. The lowest BCUT2D eigenvalue weighted by molar-refractivity contribution is 1.27. The van der Waals surface area contributed by atoms with Gasteiger partial charge in [-0.05, 0) is 80.5 Å². The normalized spacial score (nSPS) is 10.8. The molecule has 18 heavy (non-hydrogen) atoms. The number of aryl methyl sites for hydroxylation is 6. The van der Waals surface area contributed by atoms with Gasteiger partial charge in [0, 0.05) is 0 Å². The van der Waals surface area contributed by atoms with Crippen molar-refractivity contribution in [1.29, 1.82) is 0 Å². The third-order valence-corrected chi connectivity index (χ3v) is 3.79. The molecular weight excluding hydrogens is 216 g/mol. The van der Waals surface area contributed by atoms with Crippen LogP contribution in [0.3, 0.4) is 0 Å². The van der Waals surface area contributed by atoms with Gasteiger partial charge in [-0.25, -0.2) is 0 Å². The molecule has 0 nitrogen and oxygen atoms in total. The number of hydrogen-bond acceptors (Lipinski definition) is 0. The van der Waals surface area contributed by atoms with E-state index in [0.717, 1.165) is 0 Å². The SMILES string of the molecule is Cc1cc(C)c(-c2cc(C)c(C)cc2C)c(C)c1. The summed E-state index contributed by atoms with van der Waals surface area (Å²) < 4.78 is 0. The van der Waals surface area contributed by atoms with Crippen LogP contribution in [-0.4, -0.2) is 0 Å². The average molecular weight is 238 g/mol. The van der Waals surface area contributed by atoms with Crippen LogP contribution in [0.15, 0.2) is 24.3 Å². The Morgan fingerprint density at radius 2 is 1.00 bits per heavy atom. The largest absolute Gasteiger partial charge is 0.0557 e. The van der Waals surface area contributed by atoms with Crippen LogP contribution in [0.1, 0.15) is 33.4 Å². The lowest BCUT2D eigenvalue weighted by Crippen LogP contribution is -1.94. The quantitative estimate of drug-likeness (QED) is 0.640. The van der Waals surface area contributed by atoms with Gasteiger partial charge in [-0.3, -0.25) is 0 Å². The Balaban J connectivity index is 2.73. The molecule has 0 atom stereocenters. The molecule has 0 heteroatoms. The van der Waals surface area contributed by atoms with Crippen molar-refractivity contribution in [3.8, 4) is 11.1 Å². The Hall–Kier alpha value is -1.56. The first-order valence-electron chi connectivity index (χ1n) is 6.56. The third-order valence-electron chi connectivity index (χ3n) is 3.79. The molecule has 2 aromatic carbocycles. The van der Waals surface area contributed by atoms with Gasteiger partial charge in [0.25, 0.3) is 0 Å². The second kappa shape index (κ2) is 4.61. The van der Waals surface area contributed by atoms with Crippen molar-refractivity contribution in [2.75, 3.05) is 0 Å². The van der Waals surface area contributed by atoms with Gasteiger partial charge in [0.15, 0.2) is 0 Å². The van der Waals surface area contributed by atoms with Crippen molar-refractivity contribution in [3.63, 3.8) is 0 Å². The molecule has 2 rings (SSSR count). The highest BCUT2D eigenvalue weighted by atomic mass is 14.1. The zero-order valence-corrected chi connectivity index (χ0v) is 12.3. The molecule has 0 aliphatic carbocycles. The topological polar surface area (TPSA) is 0 Å². The van der Waals surface area contributed by atoms with Gasteiger partial charge >= 0.3 is 0 Å². The Morgan fingerprint density at radius 3 is 1.56 bits per heavy atom. The van der Waals surface area contributed by atoms with Gasteiger partial charge in [-0.15, -0.1) is 0 Å². The Kier molecular flexibility index (Phi) is 3.30. The molecule has 0 radical (unpaired) electrons. The van der Waals surface area contributed by atoms with E-state index in [2.05, 4.69) is 65.8 Å². The van der Waals surface area contributed by atoms with E-state index in [1.807, 2.05) is 0 Å². The number of hydrogen-bond donors (Lipinski definition) is 0. The van der Waals surface area contributed by atoms with Crippen molar-refractivity contribution in [3.05, 3.63) is 57.6 Å². The van der Waals surface area contributed by atoms with Crippen molar-refractivity contribution < 1.29 is 0 Å². The first kappa shape index (κ1) is 12.9. The molecule has 0 amide bonds. The van der Waals surface area contributed by atoms with Gasteiger partial charge in [-0.2, -0.15) is 0 Å². The lowest BCUT2D eigenvalue weighted by atomic mass is 9.89. The second-order valence-electron chi connectivity index (χ2n) is 5.53. The van der Waals surface area contributed by atoms with Crippen molar-refractivity contribution in [1.82, 2.24) is 0 Å². The van der Waals surface area contributed by atoms with E-state index < -0.39 is 0 Å². The number of benzene rings is 2. The lowest BCUT2D eigenvalue weighted by Gasteiger charge is -2.16. The van der Waals surface area contributed by atoms with Gasteiger partial charge in [0.05, 0.1) is 0 Å².